The summed E-state index contributed by atoms with van der Waals surface area (Å²) >= 11 is 0. The van der Waals surface area contributed by atoms with Gasteiger partial charge in [0.1, 0.15) is 17.9 Å². The molecule has 1 aromatic carbocycles. The molecule has 13 heteroatoms. The van der Waals surface area contributed by atoms with E-state index >= 15 is 0 Å². The molecule has 1 aromatic rings. The van der Waals surface area contributed by atoms with E-state index in [2.05, 4.69) is 10.6 Å². The molecule has 2 rings (SSSR count). The Balaban J connectivity index is 2.23. The third-order valence-corrected chi connectivity index (χ3v) is 9.21. The SMILES string of the molecule is CCCC[C@@H](NC(=O)[C@H](CCCCN)NC(=O)c1ccccc1)P(=O)(O)OC(C)C(=O)[N+]1(C(=O)O)CCC[C@H]1C. The van der Waals surface area contributed by atoms with E-state index in [0.29, 0.717) is 50.6 Å². The van der Waals surface area contributed by atoms with Crippen LogP contribution in [0.3, 0.4) is 0 Å². The van der Waals surface area contributed by atoms with E-state index < -0.39 is 59.9 Å². The zero-order valence-corrected chi connectivity index (χ0v) is 24.5. The van der Waals surface area contributed by atoms with Crippen LogP contribution in [0.25, 0.3) is 0 Å². The van der Waals surface area contributed by atoms with Gasteiger partial charge < -0.3 is 26.4 Å². The fourth-order valence-corrected chi connectivity index (χ4v) is 6.51. The van der Waals surface area contributed by atoms with E-state index in [1.165, 1.54) is 6.92 Å². The Morgan fingerprint density at radius 3 is 2.35 bits per heavy atom. The second kappa shape index (κ2) is 15.4. The summed E-state index contributed by atoms with van der Waals surface area (Å²) in [5.41, 5.74) is 5.95. The second-order valence-electron chi connectivity index (χ2n) is 10.4. The lowest BCUT2D eigenvalue weighted by Crippen LogP contribution is -2.61. The number of rotatable bonds is 15. The zero-order chi connectivity index (χ0) is 29.9. The van der Waals surface area contributed by atoms with Gasteiger partial charge in [-0.05, 0) is 58.2 Å². The monoisotopic (exact) mass is 583 g/mol. The Hall–Kier alpha value is -2.63. The van der Waals surface area contributed by atoms with Crippen LogP contribution in [0.4, 0.5) is 4.79 Å². The third kappa shape index (κ3) is 8.44. The summed E-state index contributed by atoms with van der Waals surface area (Å²) in [7, 11) is -4.67. The van der Waals surface area contributed by atoms with E-state index in [4.69, 9.17) is 10.3 Å². The number of unbranched alkanes of at least 4 members (excludes halogenated alkanes) is 2. The van der Waals surface area contributed by atoms with Crippen molar-refractivity contribution in [3.8, 4) is 0 Å². The van der Waals surface area contributed by atoms with Crippen LogP contribution in [0, 0.1) is 0 Å². The van der Waals surface area contributed by atoms with Gasteiger partial charge in [0.25, 0.3) is 5.91 Å². The summed E-state index contributed by atoms with van der Waals surface area (Å²) < 4.78 is 18.0. The maximum absolute atomic E-state index is 13.5. The molecule has 0 radical (unpaired) electrons. The molecular formula is C27H44N4O8P+. The van der Waals surface area contributed by atoms with Gasteiger partial charge in [-0.2, -0.15) is 9.28 Å². The molecule has 40 heavy (non-hydrogen) atoms. The Bertz CT molecular complexity index is 1070. The number of nitrogens with one attached hydrogen (secondary N) is 2. The van der Waals surface area contributed by atoms with Crippen molar-refractivity contribution in [1.82, 2.24) is 10.6 Å². The fraction of sp³-hybridized carbons (Fsp3) is 0.630. The number of imide groups is 1. The molecule has 6 N–H and O–H groups in total. The van der Waals surface area contributed by atoms with Gasteiger partial charge in [-0.3, -0.25) is 18.7 Å². The average Bonchev–Trinajstić information content (AvgIpc) is 3.32. The largest absolute Gasteiger partial charge is 0.521 e. The van der Waals surface area contributed by atoms with Crippen LogP contribution in [-0.2, 0) is 18.7 Å². The van der Waals surface area contributed by atoms with E-state index in [9.17, 15) is 33.7 Å². The zero-order valence-electron chi connectivity index (χ0n) is 23.6. The highest BCUT2D eigenvalue weighted by Gasteiger charge is 2.55. The molecule has 0 aliphatic carbocycles. The minimum absolute atomic E-state index is 0.0698. The van der Waals surface area contributed by atoms with Gasteiger partial charge in [0.05, 0.1) is 6.54 Å². The predicted molar refractivity (Wildman–Crippen MR) is 149 cm³/mol. The van der Waals surface area contributed by atoms with E-state index in [-0.39, 0.29) is 19.4 Å². The molecule has 1 saturated heterocycles. The minimum atomic E-state index is -4.67. The van der Waals surface area contributed by atoms with Crippen LogP contribution in [0.2, 0.25) is 0 Å². The van der Waals surface area contributed by atoms with Crippen molar-refractivity contribution in [3.63, 3.8) is 0 Å². The van der Waals surface area contributed by atoms with Crippen LogP contribution >= 0.6 is 7.60 Å². The quantitative estimate of drug-likeness (QED) is 0.117. The Kier molecular flexibility index (Phi) is 12.9. The van der Waals surface area contributed by atoms with Gasteiger partial charge in [0, 0.05) is 18.4 Å². The molecule has 1 heterocycles. The molecule has 224 valence electrons. The highest BCUT2D eigenvalue weighted by atomic mass is 31.2. The maximum Gasteiger partial charge on any atom is 0.521 e. The predicted octanol–water partition coefficient (Wildman–Crippen LogP) is 3.34. The van der Waals surface area contributed by atoms with Crippen LogP contribution in [0.15, 0.2) is 30.3 Å². The van der Waals surface area contributed by atoms with Gasteiger partial charge in [-0.25, -0.2) is 4.79 Å². The number of hydrogen-bond donors (Lipinski definition) is 5. The minimum Gasteiger partial charge on any atom is -0.435 e. The number of hydrogen-bond acceptors (Lipinski definition) is 7. The van der Waals surface area contributed by atoms with Crippen molar-refractivity contribution < 1.29 is 42.7 Å². The van der Waals surface area contributed by atoms with E-state index in [1.54, 1.807) is 37.3 Å². The number of benzene rings is 1. The molecule has 1 aliphatic heterocycles. The number of carboxylic acid groups (broad SMARTS) is 1. The van der Waals surface area contributed by atoms with Crippen LogP contribution in [-0.4, -0.2) is 75.4 Å². The van der Waals surface area contributed by atoms with Crippen molar-refractivity contribution in [2.75, 3.05) is 13.1 Å². The van der Waals surface area contributed by atoms with Gasteiger partial charge in [-0.1, -0.05) is 38.0 Å². The van der Waals surface area contributed by atoms with Crippen LogP contribution < -0.4 is 16.4 Å². The molecule has 0 bridgehead atoms. The van der Waals surface area contributed by atoms with Crippen LogP contribution in [0.1, 0.15) is 82.5 Å². The first-order chi connectivity index (χ1) is 18.9. The summed E-state index contributed by atoms with van der Waals surface area (Å²) in [5.74, 6) is -3.32. The summed E-state index contributed by atoms with van der Waals surface area (Å²) in [6.45, 7) is 5.26. The molecular weight excluding hydrogens is 539 g/mol. The molecule has 3 unspecified atom stereocenters. The number of amides is 4. The molecule has 4 amide bonds. The van der Waals surface area contributed by atoms with E-state index in [1.807, 2.05) is 6.92 Å². The number of nitrogens with zero attached hydrogens (tertiary/aromatic N) is 1. The standard InChI is InChI=1S/C27H43N4O8P/c1-4-5-16-23(40(37,38)39-20(3)26(34)31(27(35)36)18-11-12-19(31)2)30-25(33)22(15-9-10-17-28)29-24(32)21-13-7-6-8-14-21/h6-8,13-14,19-20,22-23H,4-5,9-12,15-18,28H2,1-3H3,(H3-,29,30,32,33,35,36,37,38)/p+1/t19-,20?,22+,23+,31?/m1/s1. The molecule has 0 aromatic heterocycles. The molecule has 6 atom stereocenters. The van der Waals surface area contributed by atoms with E-state index in [0.717, 1.165) is 0 Å². The molecule has 1 aliphatic rings. The normalized spacial score (nSPS) is 22.5. The lowest BCUT2D eigenvalue weighted by atomic mass is 10.1. The number of quaternary nitrogens is 1. The van der Waals surface area contributed by atoms with Gasteiger partial charge >= 0.3 is 19.6 Å². The lowest BCUT2D eigenvalue weighted by Gasteiger charge is -2.33. The van der Waals surface area contributed by atoms with Crippen molar-refractivity contribution in [1.29, 1.82) is 0 Å². The number of nitrogens with two attached hydrogens (primary N) is 1. The second-order valence-corrected chi connectivity index (χ2v) is 12.3. The van der Waals surface area contributed by atoms with Crippen molar-refractivity contribution in [2.45, 2.75) is 96.1 Å². The van der Waals surface area contributed by atoms with Gasteiger partial charge in [0.15, 0.2) is 6.10 Å². The topological polar surface area (TPSA) is 185 Å². The number of carbonyl (C=O) groups is 4. The molecule has 12 nitrogen and oxygen atoms in total. The van der Waals surface area contributed by atoms with Crippen molar-refractivity contribution >= 4 is 31.4 Å². The fourth-order valence-electron chi connectivity index (χ4n) is 5.02. The molecule has 1 fully saturated rings. The maximum atomic E-state index is 13.5. The first kappa shape index (κ1) is 33.6. The average molecular weight is 584 g/mol. The number of carbonyl (C=O) groups excluding carboxylic acids is 3. The van der Waals surface area contributed by atoms with Crippen molar-refractivity contribution in [2.24, 2.45) is 5.73 Å². The summed E-state index contributed by atoms with van der Waals surface area (Å²) in [5, 5.41) is 15.1. The lowest BCUT2D eigenvalue weighted by molar-refractivity contribution is -0.793. The molecule has 0 spiro atoms. The Morgan fingerprint density at radius 1 is 1.12 bits per heavy atom. The summed E-state index contributed by atoms with van der Waals surface area (Å²) in [4.78, 5) is 62.4. The summed E-state index contributed by atoms with van der Waals surface area (Å²) in [6.07, 6.45) is 0.829. The Labute approximate surface area is 235 Å². The van der Waals surface area contributed by atoms with Crippen molar-refractivity contribution in [3.05, 3.63) is 35.9 Å². The molecule has 0 saturated carbocycles. The third-order valence-electron chi connectivity index (χ3n) is 7.42. The highest BCUT2D eigenvalue weighted by Crippen LogP contribution is 2.50. The van der Waals surface area contributed by atoms with Gasteiger partial charge in [-0.15, -0.1) is 0 Å². The highest BCUT2D eigenvalue weighted by molar-refractivity contribution is 7.53. The van der Waals surface area contributed by atoms with Gasteiger partial charge in [0.2, 0.25) is 5.91 Å². The number of likely N-dealkylation sites (tertiary alicyclic amines) is 1. The first-order valence-electron chi connectivity index (χ1n) is 13.9. The van der Waals surface area contributed by atoms with Crippen LogP contribution in [0.5, 0.6) is 0 Å². The first-order valence-corrected chi connectivity index (χ1v) is 15.6. The smallest absolute Gasteiger partial charge is 0.435 e. The summed E-state index contributed by atoms with van der Waals surface area (Å²) in [6, 6.07) is 6.85. The Morgan fingerprint density at radius 2 is 1.80 bits per heavy atom.